The van der Waals surface area contributed by atoms with E-state index < -0.39 is 10.4 Å². The molecule has 0 heterocycles. The summed E-state index contributed by atoms with van der Waals surface area (Å²) in [7, 11) is -4.67. The first-order valence-electron chi connectivity index (χ1n) is 0.698. The average Bonchev–Trinajstić information content (AvgIpc) is 0.722. The Labute approximate surface area is 79.5 Å². The summed E-state index contributed by atoms with van der Waals surface area (Å²) in [5.74, 6) is 0. The van der Waals surface area contributed by atoms with Crippen LogP contribution in [0.3, 0.4) is 0 Å². The summed E-state index contributed by atoms with van der Waals surface area (Å²) in [5, 5.41) is 0. The van der Waals surface area contributed by atoms with Gasteiger partial charge in [0.05, 0.1) is 0 Å². The van der Waals surface area contributed by atoms with Crippen molar-refractivity contribution in [1.29, 1.82) is 0 Å². The van der Waals surface area contributed by atoms with E-state index >= 15 is 0 Å². The van der Waals surface area contributed by atoms with Crippen molar-refractivity contribution in [2.24, 2.45) is 0 Å². The summed E-state index contributed by atoms with van der Waals surface area (Å²) in [4.78, 5) is 0. The van der Waals surface area contributed by atoms with Gasteiger partial charge in [-0.05, 0) is 0 Å². The molecule has 0 saturated carbocycles. The van der Waals surface area contributed by atoms with Crippen molar-refractivity contribution in [2.45, 2.75) is 0 Å². The molecule has 0 bridgehead atoms. The van der Waals surface area contributed by atoms with Gasteiger partial charge in [0.2, 0.25) is 0 Å². The monoisotopic (exact) mass is 278 g/mol. The van der Waals surface area contributed by atoms with Crippen LogP contribution in [0.1, 0.15) is 0 Å². The zero-order valence-corrected chi connectivity index (χ0v) is 4.16. The molecule has 0 aliphatic carbocycles. The molecule has 0 aromatic carbocycles. The van der Waals surface area contributed by atoms with Crippen LogP contribution in [-0.2, 0) is 10.4 Å². The van der Waals surface area contributed by atoms with Gasteiger partial charge in [0.15, 0.2) is 0 Å². The van der Waals surface area contributed by atoms with Crippen molar-refractivity contribution >= 4 is 62.4 Å². The molecule has 0 spiro atoms. The van der Waals surface area contributed by atoms with Gasteiger partial charge < -0.3 is 0 Å². The van der Waals surface area contributed by atoms with E-state index in [2.05, 4.69) is 0 Å². The van der Waals surface area contributed by atoms with Gasteiger partial charge in [0, 0.05) is 0 Å². The maximum atomic E-state index is 8.74. The predicted molar refractivity (Wildman–Crippen MR) is 41.3 cm³/mol. The van der Waals surface area contributed by atoms with E-state index in [4.69, 9.17) is 17.5 Å². The molecule has 0 aromatic rings. The standard InChI is InChI=1S/ClH.2Ga.H2O4S.6H/c;;;1-5(2,3)4;;;;;;/h1H;;;(H2,1,2,3,4);;;;;;. The molecule has 0 aromatic heterocycles. The first-order valence-corrected chi connectivity index (χ1v) is 2.10. The fourth-order valence-corrected chi connectivity index (χ4v) is 0. The van der Waals surface area contributed by atoms with Crippen molar-refractivity contribution in [3.8, 4) is 0 Å². The SMILES string of the molecule is Cl.O=S(=O)(O)O.[GaH3].[GaH3]. The first kappa shape index (κ1) is 22.7. The quantitative estimate of drug-likeness (QED) is 0.377. The second-order valence-corrected chi connectivity index (χ2v) is 1.34. The Kier molecular flexibility index (Phi) is 24.0. The number of halogens is 1. The molecule has 0 atom stereocenters. The van der Waals surface area contributed by atoms with E-state index in [0.717, 1.165) is 0 Å². The predicted octanol–water partition coefficient (Wildman–Crippen LogP) is -2.60. The van der Waals surface area contributed by atoms with Crippen LogP contribution >= 0.6 is 12.4 Å². The molecule has 0 aliphatic rings. The third kappa shape index (κ3) is 150. The third-order valence-electron chi connectivity index (χ3n) is 0. The molecule has 0 aliphatic heterocycles. The van der Waals surface area contributed by atoms with E-state index in [1.165, 1.54) is 0 Å². The van der Waals surface area contributed by atoms with E-state index in [0.29, 0.717) is 0 Å². The molecule has 0 radical (unpaired) electrons. The minimum atomic E-state index is -4.67. The summed E-state index contributed by atoms with van der Waals surface area (Å²) in [5.41, 5.74) is 0. The first-order chi connectivity index (χ1) is 2.00. The van der Waals surface area contributed by atoms with Gasteiger partial charge in [-0.25, -0.2) is 0 Å². The Bertz CT molecular complexity index is 97.2. The van der Waals surface area contributed by atoms with Gasteiger partial charge in [0.1, 0.15) is 0 Å². The molecule has 0 rings (SSSR count). The van der Waals surface area contributed by atoms with Crippen LogP contribution in [0.5, 0.6) is 0 Å². The van der Waals surface area contributed by atoms with Crippen LogP contribution in [-0.4, -0.2) is 57.1 Å². The average molecular weight is 280 g/mol. The van der Waals surface area contributed by atoms with Crippen molar-refractivity contribution in [2.75, 3.05) is 0 Å². The van der Waals surface area contributed by atoms with E-state index in [-0.39, 0.29) is 52.0 Å². The molecule has 0 saturated heterocycles. The minimum absolute atomic E-state index is 0. The van der Waals surface area contributed by atoms with E-state index in [9.17, 15) is 0 Å². The molecular formula is H9ClGa2O4S. The topological polar surface area (TPSA) is 74.6 Å². The molecule has 8 heteroatoms. The van der Waals surface area contributed by atoms with Crippen LogP contribution in [0.4, 0.5) is 0 Å². The Morgan fingerprint density at radius 1 is 1.00 bits per heavy atom. The van der Waals surface area contributed by atoms with Crippen molar-refractivity contribution in [3.63, 3.8) is 0 Å². The third-order valence-corrected chi connectivity index (χ3v) is 0. The van der Waals surface area contributed by atoms with Gasteiger partial charge >= 0.3 is 50.0 Å². The van der Waals surface area contributed by atoms with Gasteiger partial charge in [0.25, 0.3) is 0 Å². The summed E-state index contributed by atoms with van der Waals surface area (Å²) in [6.07, 6.45) is 0. The number of hydrogen-bond donors (Lipinski definition) is 2. The van der Waals surface area contributed by atoms with E-state index in [1.54, 1.807) is 0 Å². The van der Waals surface area contributed by atoms with Crippen LogP contribution in [0.2, 0.25) is 0 Å². The molecule has 0 unspecified atom stereocenters. The summed E-state index contributed by atoms with van der Waals surface area (Å²) in [6, 6.07) is 0. The summed E-state index contributed by atoms with van der Waals surface area (Å²) >= 11 is 0. The molecule has 2 N–H and O–H groups in total. The van der Waals surface area contributed by atoms with Crippen LogP contribution < -0.4 is 0 Å². The van der Waals surface area contributed by atoms with Gasteiger partial charge in [-0.1, -0.05) is 0 Å². The number of hydrogen-bond acceptors (Lipinski definition) is 2. The summed E-state index contributed by atoms with van der Waals surface area (Å²) < 4.78 is 31.6. The van der Waals surface area contributed by atoms with Gasteiger partial charge in [-0.15, -0.1) is 12.4 Å². The van der Waals surface area contributed by atoms with E-state index in [1.807, 2.05) is 0 Å². The van der Waals surface area contributed by atoms with Gasteiger partial charge in [-0.3, -0.25) is 9.11 Å². The second kappa shape index (κ2) is 8.43. The Morgan fingerprint density at radius 3 is 1.00 bits per heavy atom. The molecule has 8 heavy (non-hydrogen) atoms. The van der Waals surface area contributed by atoms with Crippen molar-refractivity contribution < 1.29 is 17.5 Å². The van der Waals surface area contributed by atoms with Crippen LogP contribution in [0.25, 0.3) is 0 Å². The Balaban J connectivity index is -0.0000000267. The Hall–Kier alpha value is 1.43. The normalized spacial score (nSPS) is 7.25. The molecule has 0 amide bonds. The fraction of sp³-hybridized carbons (Fsp3) is 0. The Morgan fingerprint density at radius 2 is 1.00 bits per heavy atom. The summed E-state index contributed by atoms with van der Waals surface area (Å²) in [6.45, 7) is 0. The fourth-order valence-electron chi connectivity index (χ4n) is 0. The second-order valence-electron chi connectivity index (χ2n) is 0.448. The maximum absolute atomic E-state index is 8.74. The molecule has 4 nitrogen and oxygen atoms in total. The zero-order valence-electron chi connectivity index (χ0n) is 2.53. The van der Waals surface area contributed by atoms with Crippen LogP contribution in [0, 0.1) is 0 Å². The van der Waals surface area contributed by atoms with Crippen LogP contribution in [0.15, 0.2) is 0 Å². The van der Waals surface area contributed by atoms with Crippen molar-refractivity contribution in [1.82, 2.24) is 0 Å². The zero-order chi connectivity index (χ0) is 4.50. The van der Waals surface area contributed by atoms with Gasteiger partial charge in [-0.2, -0.15) is 8.42 Å². The molecular weight excluding hydrogens is 271 g/mol. The molecule has 52 valence electrons. The van der Waals surface area contributed by atoms with Crippen molar-refractivity contribution in [3.05, 3.63) is 0 Å². The molecule has 0 fully saturated rings. The number of rotatable bonds is 0.